The van der Waals surface area contributed by atoms with E-state index in [9.17, 15) is 18.0 Å². The molecule has 1 aromatic heterocycles. The maximum absolute atomic E-state index is 11.8. The molecule has 0 spiro atoms. The van der Waals surface area contributed by atoms with Crippen LogP contribution < -0.4 is 5.48 Å². The normalized spacial score (nSPS) is 11.5. The van der Waals surface area contributed by atoms with Crippen molar-refractivity contribution in [1.29, 1.82) is 0 Å². The number of carbonyl (C=O) groups is 1. The molecule has 1 N–H and O–H groups in total. The van der Waals surface area contributed by atoms with Gasteiger partial charge in [-0.05, 0) is 12.1 Å². The van der Waals surface area contributed by atoms with Crippen molar-refractivity contribution in [3.05, 3.63) is 42.1 Å². The van der Waals surface area contributed by atoms with Gasteiger partial charge in [-0.2, -0.15) is 13.2 Å². The molecule has 0 unspecified atom stereocenters. The Hall–Kier alpha value is -2.15. The number of alkyl halides is 3. The predicted molar refractivity (Wildman–Crippen MR) is 61.2 cm³/mol. The number of hydrogen-bond donors (Lipinski definition) is 1. The van der Waals surface area contributed by atoms with Crippen molar-refractivity contribution in [2.45, 2.75) is 6.18 Å². The summed E-state index contributed by atoms with van der Waals surface area (Å²) in [5.74, 6) is -0.824. The lowest BCUT2D eigenvalue weighted by molar-refractivity contribution is -0.184. The van der Waals surface area contributed by atoms with Crippen LogP contribution in [-0.4, -0.2) is 23.7 Å². The van der Waals surface area contributed by atoms with Crippen LogP contribution in [0.2, 0.25) is 0 Å². The Morgan fingerprint density at radius 3 is 2.68 bits per heavy atom. The van der Waals surface area contributed by atoms with Crippen molar-refractivity contribution in [1.82, 2.24) is 10.5 Å². The summed E-state index contributed by atoms with van der Waals surface area (Å²) in [4.78, 5) is 19.6. The van der Waals surface area contributed by atoms with Crippen LogP contribution in [0.15, 0.2) is 36.4 Å². The predicted octanol–water partition coefficient (Wildman–Crippen LogP) is 2.46. The van der Waals surface area contributed by atoms with E-state index in [0.717, 1.165) is 5.39 Å². The molecule has 0 aliphatic rings. The lowest BCUT2D eigenvalue weighted by Crippen LogP contribution is -2.30. The van der Waals surface area contributed by atoms with Gasteiger partial charge in [0.1, 0.15) is 5.69 Å². The van der Waals surface area contributed by atoms with E-state index in [2.05, 4.69) is 9.82 Å². The Labute approximate surface area is 106 Å². The van der Waals surface area contributed by atoms with Gasteiger partial charge in [0, 0.05) is 5.39 Å². The summed E-state index contributed by atoms with van der Waals surface area (Å²) in [6.45, 7) is -1.55. The molecule has 1 amide bonds. The molecule has 0 aliphatic heterocycles. The highest BCUT2D eigenvalue weighted by molar-refractivity contribution is 5.94. The Balaban J connectivity index is 2.05. The van der Waals surface area contributed by atoms with Crippen molar-refractivity contribution < 1.29 is 22.8 Å². The molecule has 2 rings (SSSR count). The third kappa shape index (κ3) is 3.65. The first-order chi connectivity index (χ1) is 8.96. The highest BCUT2D eigenvalue weighted by Gasteiger charge is 2.28. The summed E-state index contributed by atoms with van der Waals surface area (Å²) >= 11 is 0. The number of aromatic nitrogens is 1. The number of carbonyl (C=O) groups excluding carboxylic acids is 1. The number of amides is 1. The summed E-state index contributed by atoms with van der Waals surface area (Å²) in [5.41, 5.74) is 2.26. The third-order valence-electron chi connectivity index (χ3n) is 2.23. The van der Waals surface area contributed by atoms with Crippen molar-refractivity contribution in [2.75, 3.05) is 6.61 Å². The Morgan fingerprint density at radius 2 is 1.95 bits per heavy atom. The molecule has 100 valence electrons. The van der Waals surface area contributed by atoms with Crippen LogP contribution in [0.1, 0.15) is 10.5 Å². The molecule has 19 heavy (non-hydrogen) atoms. The molecule has 0 atom stereocenters. The van der Waals surface area contributed by atoms with Crippen molar-refractivity contribution in [3.63, 3.8) is 0 Å². The van der Waals surface area contributed by atoms with E-state index >= 15 is 0 Å². The fourth-order valence-electron chi connectivity index (χ4n) is 1.43. The average molecular weight is 270 g/mol. The lowest BCUT2D eigenvalue weighted by atomic mass is 10.2. The van der Waals surface area contributed by atoms with Gasteiger partial charge in [0.2, 0.25) is 0 Å². The minimum Gasteiger partial charge on any atom is -0.265 e. The van der Waals surface area contributed by atoms with E-state index in [1.807, 2.05) is 12.1 Å². The standard InChI is InChI=1S/C12H9F3N2O2/c13-12(14,15)7-19-17-11(18)10-6-5-8-3-1-2-4-9(8)16-10/h1-6H,7H2,(H,17,18). The lowest BCUT2D eigenvalue weighted by Gasteiger charge is -2.08. The Kier molecular flexibility index (Phi) is 3.66. The minimum absolute atomic E-state index is 0.0131. The topological polar surface area (TPSA) is 51.2 Å². The second kappa shape index (κ2) is 5.23. The highest BCUT2D eigenvalue weighted by atomic mass is 19.4. The first-order valence-corrected chi connectivity index (χ1v) is 5.30. The SMILES string of the molecule is O=C(NOCC(F)(F)F)c1ccc2ccccc2n1. The van der Waals surface area contributed by atoms with E-state index in [4.69, 9.17) is 0 Å². The van der Waals surface area contributed by atoms with E-state index in [1.165, 1.54) is 6.07 Å². The smallest absolute Gasteiger partial charge is 0.265 e. The van der Waals surface area contributed by atoms with E-state index in [1.54, 1.807) is 23.7 Å². The number of rotatable bonds is 3. The van der Waals surface area contributed by atoms with Crippen LogP contribution >= 0.6 is 0 Å². The molecule has 2 aromatic rings. The Morgan fingerprint density at radius 1 is 1.21 bits per heavy atom. The van der Waals surface area contributed by atoms with Crippen LogP contribution in [0.25, 0.3) is 10.9 Å². The molecular weight excluding hydrogens is 261 g/mol. The van der Waals surface area contributed by atoms with Crippen molar-refractivity contribution in [3.8, 4) is 0 Å². The molecule has 0 saturated heterocycles. The van der Waals surface area contributed by atoms with Crippen LogP contribution in [0.5, 0.6) is 0 Å². The van der Waals surface area contributed by atoms with Crippen LogP contribution in [0.4, 0.5) is 13.2 Å². The fourth-order valence-corrected chi connectivity index (χ4v) is 1.43. The average Bonchev–Trinajstić information content (AvgIpc) is 2.36. The van der Waals surface area contributed by atoms with E-state index < -0.39 is 18.7 Å². The van der Waals surface area contributed by atoms with Gasteiger partial charge in [-0.3, -0.25) is 9.63 Å². The second-order valence-corrected chi connectivity index (χ2v) is 3.72. The van der Waals surface area contributed by atoms with Gasteiger partial charge in [0.25, 0.3) is 5.91 Å². The summed E-state index contributed by atoms with van der Waals surface area (Å²) in [6, 6.07) is 10.1. The number of para-hydroxylation sites is 1. The van der Waals surface area contributed by atoms with Crippen LogP contribution in [0, 0.1) is 0 Å². The molecule has 0 bridgehead atoms. The van der Waals surface area contributed by atoms with Gasteiger partial charge >= 0.3 is 6.18 Å². The number of fused-ring (bicyclic) bond motifs is 1. The molecule has 7 heteroatoms. The van der Waals surface area contributed by atoms with Crippen molar-refractivity contribution >= 4 is 16.8 Å². The van der Waals surface area contributed by atoms with E-state index in [-0.39, 0.29) is 5.69 Å². The van der Waals surface area contributed by atoms with Gasteiger partial charge in [-0.25, -0.2) is 10.5 Å². The second-order valence-electron chi connectivity index (χ2n) is 3.72. The molecule has 0 aliphatic carbocycles. The summed E-state index contributed by atoms with van der Waals surface area (Å²) < 4.78 is 35.5. The number of halogens is 3. The van der Waals surface area contributed by atoms with Crippen LogP contribution in [0.3, 0.4) is 0 Å². The largest absolute Gasteiger partial charge is 0.414 e. The van der Waals surface area contributed by atoms with Gasteiger partial charge < -0.3 is 0 Å². The number of pyridine rings is 1. The summed E-state index contributed by atoms with van der Waals surface area (Å²) in [6.07, 6.45) is -4.50. The first-order valence-electron chi connectivity index (χ1n) is 5.30. The van der Waals surface area contributed by atoms with Gasteiger partial charge in [0.15, 0.2) is 6.61 Å². The zero-order valence-electron chi connectivity index (χ0n) is 9.57. The molecule has 0 saturated carbocycles. The fraction of sp³-hybridized carbons (Fsp3) is 0.167. The summed E-state index contributed by atoms with van der Waals surface area (Å²) in [7, 11) is 0. The number of hydroxylamine groups is 1. The highest BCUT2D eigenvalue weighted by Crippen LogP contribution is 2.14. The number of nitrogens with zero attached hydrogens (tertiary/aromatic N) is 1. The van der Waals surface area contributed by atoms with Gasteiger partial charge in [-0.15, -0.1) is 0 Å². The number of nitrogens with one attached hydrogen (secondary N) is 1. The quantitative estimate of drug-likeness (QED) is 0.872. The summed E-state index contributed by atoms with van der Waals surface area (Å²) in [5, 5.41) is 0.829. The maximum Gasteiger partial charge on any atom is 0.414 e. The molecule has 0 fully saturated rings. The third-order valence-corrected chi connectivity index (χ3v) is 2.23. The zero-order valence-corrected chi connectivity index (χ0v) is 9.57. The monoisotopic (exact) mass is 270 g/mol. The zero-order chi connectivity index (χ0) is 13.9. The number of benzene rings is 1. The van der Waals surface area contributed by atoms with Gasteiger partial charge in [0.05, 0.1) is 5.52 Å². The van der Waals surface area contributed by atoms with Gasteiger partial charge in [-0.1, -0.05) is 24.3 Å². The molecule has 4 nitrogen and oxygen atoms in total. The Bertz CT molecular complexity index is 599. The molecule has 1 aromatic carbocycles. The first kappa shape index (κ1) is 13.3. The molecule has 1 heterocycles. The van der Waals surface area contributed by atoms with Crippen molar-refractivity contribution in [2.24, 2.45) is 0 Å². The molecule has 0 radical (unpaired) electrons. The van der Waals surface area contributed by atoms with Crippen LogP contribution in [-0.2, 0) is 4.84 Å². The molecular formula is C12H9F3N2O2. The minimum atomic E-state index is -4.50. The maximum atomic E-state index is 11.8. The van der Waals surface area contributed by atoms with E-state index in [0.29, 0.717) is 5.52 Å². The number of hydrogen-bond acceptors (Lipinski definition) is 3.